The first-order valence-electron chi connectivity index (χ1n) is 9.76. The van der Waals surface area contributed by atoms with Crippen LogP contribution in [0.5, 0.6) is 5.75 Å². The molecular formula is C21H17ClF3N5O4. The van der Waals surface area contributed by atoms with Crippen LogP contribution in [0.4, 0.5) is 18.9 Å². The molecule has 2 heterocycles. The van der Waals surface area contributed by atoms with Crippen LogP contribution in [0.25, 0.3) is 0 Å². The predicted octanol–water partition coefficient (Wildman–Crippen LogP) is 2.38. The number of amides is 3. The Kier molecular flexibility index (Phi) is 7.57. The Balaban J connectivity index is 1.58. The number of aromatic nitrogens is 1. The van der Waals surface area contributed by atoms with Crippen LogP contribution in [0, 0.1) is 17.1 Å². The average Bonchev–Trinajstić information content (AvgIpc) is 3.13. The summed E-state index contributed by atoms with van der Waals surface area (Å²) in [6.45, 7) is -2.06. The highest BCUT2D eigenvalue weighted by Gasteiger charge is 2.47. The standard InChI is InChI=1S/C21H17ClF3N5O4/c22-15-2-1-13(5-16(15)23)34-10-18(31)29-17-8-27-4-3-14(17)20(33)28-9-19(32)30-11-21(24,25)6-12(30)7-26/h1-5,8,12H,6,9-11H2,(H,28,33)(H,29,31). The summed E-state index contributed by atoms with van der Waals surface area (Å²) in [5, 5.41) is 13.6. The van der Waals surface area contributed by atoms with Gasteiger partial charge in [-0.05, 0) is 18.2 Å². The monoisotopic (exact) mass is 495 g/mol. The van der Waals surface area contributed by atoms with Gasteiger partial charge in [0.25, 0.3) is 17.7 Å². The minimum absolute atomic E-state index is 0.00839. The number of nitrogens with zero attached hydrogens (tertiary/aromatic N) is 3. The number of benzene rings is 1. The van der Waals surface area contributed by atoms with Crippen molar-refractivity contribution in [1.82, 2.24) is 15.2 Å². The lowest BCUT2D eigenvalue weighted by molar-refractivity contribution is -0.131. The van der Waals surface area contributed by atoms with Crippen LogP contribution in [0.1, 0.15) is 16.8 Å². The summed E-state index contributed by atoms with van der Waals surface area (Å²) >= 11 is 5.58. The van der Waals surface area contributed by atoms with Gasteiger partial charge in [-0.3, -0.25) is 19.4 Å². The highest BCUT2D eigenvalue weighted by Crippen LogP contribution is 2.31. The molecule has 0 aliphatic carbocycles. The van der Waals surface area contributed by atoms with Crippen molar-refractivity contribution >= 4 is 35.0 Å². The number of carbonyl (C=O) groups excluding carboxylic acids is 3. The molecule has 1 aromatic carbocycles. The SMILES string of the molecule is N#CC1CC(F)(F)CN1C(=O)CNC(=O)c1ccncc1NC(=O)COc1ccc(Cl)c(F)c1. The molecule has 13 heteroatoms. The fourth-order valence-electron chi connectivity index (χ4n) is 3.14. The molecule has 1 unspecified atom stereocenters. The van der Waals surface area contributed by atoms with Crippen LogP contribution in [0.2, 0.25) is 5.02 Å². The van der Waals surface area contributed by atoms with Gasteiger partial charge < -0.3 is 20.3 Å². The predicted molar refractivity (Wildman–Crippen MR) is 113 cm³/mol. The summed E-state index contributed by atoms with van der Waals surface area (Å²) in [6, 6.07) is 5.26. The molecule has 34 heavy (non-hydrogen) atoms. The number of nitriles is 1. The number of pyridine rings is 1. The zero-order valence-electron chi connectivity index (χ0n) is 17.4. The number of nitrogens with one attached hydrogen (secondary N) is 2. The van der Waals surface area contributed by atoms with Gasteiger partial charge >= 0.3 is 0 Å². The van der Waals surface area contributed by atoms with Crippen molar-refractivity contribution in [2.45, 2.75) is 18.4 Å². The van der Waals surface area contributed by atoms with Crippen molar-refractivity contribution in [3.63, 3.8) is 0 Å². The van der Waals surface area contributed by atoms with Gasteiger partial charge in [0.1, 0.15) is 17.6 Å². The molecule has 1 aliphatic rings. The molecule has 1 atom stereocenters. The largest absolute Gasteiger partial charge is 0.484 e. The number of hydrogen-bond acceptors (Lipinski definition) is 6. The third-order valence-corrected chi connectivity index (χ3v) is 5.05. The van der Waals surface area contributed by atoms with Gasteiger partial charge in [0.2, 0.25) is 5.91 Å². The second kappa shape index (κ2) is 10.4. The Morgan fingerprint density at radius 2 is 2.09 bits per heavy atom. The summed E-state index contributed by atoms with van der Waals surface area (Å²) in [6.07, 6.45) is 1.68. The van der Waals surface area contributed by atoms with Crippen LogP contribution in [0.3, 0.4) is 0 Å². The Bertz CT molecular complexity index is 1160. The van der Waals surface area contributed by atoms with Crippen LogP contribution in [-0.2, 0) is 9.59 Å². The van der Waals surface area contributed by atoms with E-state index in [1.54, 1.807) is 6.07 Å². The van der Waals surface area contributed by atoms with Crippen molar-refractivity contribution in [2.24, 2.45) is 0 Å². The van der Waals surface area contributed by atoms with Crippen LogP contribution < -0.4 is 15.4 Å². The summed E-state index contributed by atoms with van der Waals surface area (Å²) in [4.78, 5) is 41.5. The van der Waals surface area contributed by atoms with Crippen molar-refractivity contribution in [1.29, 1.82) is 5.26 Å². The second-order valence-electron chi connectivity index (χ2n) is 7.24. The molecule has 0 bridgehead atoms. The molecule has 0 saturated carbocycles. The smallest absolute Gasteiger partial charge is 0.268 e. The first kappa shape index (κ1) is 24.8. The van der Waals surface area contributed by atoms with Gasteiger partial charge in [0.05, 0.1) is 41.6 Å². The average molecular weight is 496 g/mol. The van der Waals surface area contributed by atoms with Crippen LogP contribution >= 0.6 is 11.6 Å². The lowest BCUT2D eigenvalue weighted by atomic mass is 10.2. The first-order chi connectivity index (χ1) is 16.1. The third kappa shape index (κ3) is 6.14. The molecule has 0 spiro atoms. The molecule has 1 fully saturated rings. The van der Waals surface area contributed by atoms with Gasteiger partial charge in [-0.2, -0.15) is 5.26 Å². The molecule has 3 rings (SSSR count). The maximum atomic E-state index is 13.5. The van der Waals surface area contributed by atoms with E-state index in [1.807, 2.05) is 0 Å². The molecule has 2 aromatic rings. The number of ether oxygens (including phenoxy) is 1. The minimum atomic E-state index is -3.18. The fourth-order valence-corrected chi connectivity index (χ4v) is 3.26. The van der Waals surface area contributed by atoms with E-state index in [4.69, 9.17) is 21.6 Å². The Morgan fingerprint density at radius 1 is 1.32 bits per heavy atom. The van der Waals surface area contributed by atoms with E-state index in [1.165, 1.54) is 30.6 Å². The van der Waals surface area contributed by atoms with Gasteiger partial charge in [0, 0.05) is 18.7 Å². The van der Waals surface area contributed by atoms with E-state index < -0.39 is 61.6 Å². The maximum Gasteiger partial charge on any atom is 0.268 e. The molecule has 3 amide bonds. The molecule has 1 saturated heterocycles. The van der Waals surface area contributed by atoms with Crippen LogP contribution in [0.15, 0.2) is 36.7 Å². The number of likely N-dealkylation sites (tertiary alicyclic amines) is 1. The zero-order chi connectivity index (χ0) is 24.9. The summed E-state index contributed by atoms with van der Waals surface area (Å²) in [7, 11) is 0. The number of hydrogen-bond donors (Lipinski definition) is 2. The van der Waals surface area contributed by atoms with Crippen molar-refractivity contribution < 1.29 is 32.3 Å². The topological polar surface area (TPSA) is 124 Å². The molecular weight excluding hydrogens is 479 g/mol. The highest BCUT2D eigenvalue weighted by atomic mass is 35.5. The molecule has 178 valence electrons. The number of rotatable bonds is 7. The van der Waals surface area contributed by atoms with E-state index >= 15 is 0 Å². The van der Waals surface area contributed by atoms with Gasteiger partial charge in [-0.1, -0.05) is 11.6 Å². The second-order valence-corrected chi connectivity index (χ2v) is 7.65. The molecule has 1 aromatic heterocycles. The minimum Gasteiger partial charge on any atom is -0.484 e. The van der Waals surface area contributed by atoms with E-state index in [0.717, 1.165) is 6.07 Å². The summed E-state index contributed by atoms with van der Waals surface area (Å²) < 4.78 is 45.7. The van der Waals surface area contributed by atoms with Gasteiger partial charge in [-0.25, -0.2) is 13.2 Å². The molecule has 1 aliphatic heterocycles. The quantitative estimate of drug-likeness (QED) is 0.607. The summed E-state index contributed by atoms with van der Waals surface area (Å²) in [5.41, 5.74) is -0.0665. The molecule has 2 N–H and O–H groups in total. The molecule has 0 radical (unpaired) electrons. The fraction of sp³-hybridized carbons (Fsp3) is 0.286. The van der Waals surface area contributed by atoms with E-state index in [0.29, 0.717) is 4.90 Å². The highest BCUT2D eigenvalue weighted by molar-refractivity contribution is 6.30. The van der Waals surface area contributed by atoms with Gasteiger partial charge in [-0.15, -0.1) is 0 Å². The van der Waals surface area contributed by atoms with E-state index in [9.17, 15) is 27.6 Å². The number of halogens is 4. The third-order valence-electron chi connectivity index (χ3n) is 4.74. The lowest BCUT2D eigenvalue weighted by Gasteiger charge is -2.19. The van der Waals surface area contributed by atoms with Crippen LogP contribution in [-0.4, -0.2) is 59.3 Å². The van der Waals surface area contributed by atoms with Crippen molar-refractivity contribution in [2.75, 3.05) is 25.0 Å². The lowest BCUT2D eigenvalue weighted by Crippen LogP contribution is -2.43. The number of carbonyl (C=O) groups is 3. The van der Waals surface area contributed by atoms with Crippen molar-refractivity contribution in [3.8, 4) is 11.8 Å². The first-order valence-corrected chi connectivity index (χ1v) is 10.1. The Morgan fingerprint density at radius 3 is 2.79 bits per heavy atom. The molecule has 9 nitrogen and oxygen atoms in total. The Labute approximate surface area is 196 Å². The van der Waals surface area contributed by atoms with E-state index in [-0.39, 0.29) is 22.0 Å². The van der Waals surface area contributed by atoms with E-state index in [2.05, 4.69) is 15.6 Å². The number of anilines is 1. The maximum absolute atomic E-state index is 13.5. The summed E-state index contributed by atoms with van der Waals surface area (Å²) in [5.74, 6) is -6.17. The normalized spacial score (nSPS) is 16.4. The van der Waals surface area contributed by atoms with Gasteiger partial charge in [0.15, 0.2) is 6.61 Å². The zero-order valence-corrected chi connectivity index (χ0v) is 18.1. The van der Waals surface area contributed by atoms with Crippen molar-refractivity contribution in [3.05, 3.63) is 53.1 Å². The number of alkyl halides is 2. The Hall–Kier alpha value is -3.85.